The van der Waals surface area contributed by atoms with Crippen LogP contribution in [0.5, 0.6) is 17.2 Å². The number of anilines is 2. The van der Waals surface area contributed by atoms with Crippen LogP contribution in [0.2, 0.25) is 0 Å². The first kappa shape index (κ1) is 31.8. The van der Waals surface area contributed by atoms with Gasteiger partial charge < -0.3 is 29.0 Å². The average molecular weight is 595 g/mol. The van der Waals surface area contributed by atoms with E-state index in [0.29, 0.717) is 40.3 Å². The van der Waals surface area contributed by atoms with E-state index >= 15 is 4.57 Å². The second-order valence-electron chi connectivity index (χ2n) is 11.8. The summed E-state index contributed by atoms with van der Waals surface area (Å²) >= 11 is 0. The molecule has 3 aromatic carbocycles. The summed E-state index contributed by atoms with van der Waals surface area (Å²) < 4.78 is 40.0. The Morgan fingerprint density at radius 3 is 2.02 bits per heavy atom. The minimum atomic E-state index is -3.66. The second-order valence-corrected chi connectivity index (χ2v) is 14.3. The second kappa shape index (κ2) is 13.9. The molecule has 7 nitrogen and oxygen atoms in total. The summed E-state index contributed by atoms with van der Waals surface area (Å²) in [5, 5.41) is 4.27. The fraction of sp³-hybridized carbons (Fsp3) is 0.471. The summed E-state index contributed by atoms with van der Waals surface area (Å²) in [6.45, 7) is 6.75. The van der Waals surface area contributed by atoms with Crippen molar-refractivity contribution in [2.45, 2.75) is 51.9 Å². The third-order valence-corrected chi connectivity index (χ3v) is 11.1. The zero-order valence-corrected chi connectivity index (χ0v) is 27.2. The molecular weight excluding hydrogens is 547 g/mol. The van der Waals surface area contributed by atoms with E-state index in [4.69, 9.17) is 18.7 Å². The number of hydrogen-bond acceptors (Lipinski definition) is 7. The topological polar surface area (TPSA) is 69.3 Å². The normalized spacial score (nSPS) is 20.8. The van der Waals surface area contributed by atoms with Crippen molar-refractivity contribution in [3.05, 3.63) is 72.3 Å². The Labute approximate surface area is 252 Å². The van der Waals surface area contributed by atoms with E-state index in [2.05, 4.69) is 26.1 Å². The van der Waals surface area contributed by atoms with Gasteiger partial charge >= 0.3 is 0 Å². The maximum absolute atomic E-state index is 15.9. The molecule has 0 unspecified atom stereocenters. The van der Waals surface area contributed by atoms with Gasteiger partial charge in [0.15, 0.2) is 11.5 Å². The van der Waals surface area contributed by atoms with Gasteiger partial charge in [0.1, 0.15) is 5.78 Å². The summed E-state index contributed by atoms with van der Waals surface area (Å²) in [6, 6.07) is 21.5. The zero-order chi connectivity index (χ0) is 30.4. The van der Waals surface area contributed by atoms with Gasteiger partial charge in [-0.2, -0.15) is 0 Å². The van der Waals surface area contributed by atoms with Gasteiger partial charge in [0.25, 0.3) is 7.37 Å². The molecule has 0 saturated heterocycles. The van der Waals surface area contributed by atoms with Crippen LogP contribution in [0.15, 0.2) is 66.7 Å². The highest BCUT2D eigenvalue weighted by molar-refractivity contribution is 7.67. The van der Waals surface area contributed by atoms with E-state index in [0.717, 1.165) is 36.2 Å². The van der Waals surface area contributed by atoms with Crippen molar-refractivity contribution >= 4 is 24.0 Å². The average Bonchev–Trinajstić information content (AvgIpc) is 2.99. The van der Waals surface area contributed by atoms with E-state index < -0.39 is 13.2 Å². The summed E-state index contributed by atoms with van der Waals surface area (Å²) in [5.41, 5.74) is 2.58. The molecule has 1 fully saturated rings. The number of benzene rings is 3. The molecule has 0 radical (unpaired) electrons. The number of nitrogens with zero attached hydrogens (tertiary/aromatic N) is 1. The summed E-state index contributed by atoms with van der Waals surface area (Å²) in [7, 11) is 5.10. The molecule has 1 aliphatic carbocycles. The van der Waals surface area contributed by atoms with Crippen molar-refractivity contribution in [2.24, 2.45) is 17.8 Å². The van der Waals surface area contributed by atoms with Gasteiger partial charge in [-0.1, -0.05) is 45.4 Å². The Balaban J connectivity index is 1.95. The minimum absolute atomic E-state index is 0.143. The van der Waals surface area contributed by atoms with Crippen LogP contribution < -0.4 is 29.7 Å². The Hall–Kier alpha value is -3.15. The Morgan fingerprint density at radius 1 is 0.881 bits per heavy atom. The monoisotopic (exact) mass is 594 g/mol. The number of ether oxygens (including phenoxy) is 3. The van der Waals surface area contributed by atoms with Gasteiger partial charge in [0.05, 0.1) is 27.4 Å². The van der Waals surface area contributed by atoms with Crippen LogP contribution in [0.4, 0.5) is 11.4 Å². The van der Waals surface area contributed by atoms with E-state index in [1.54, 1.807) is 21.3 Å². The molecular formula is C34H47N2O5P. The molecule has 228 valence electrons. The van der Waals surface area contributed by atoms with E-state index in [-0.39, 0.29) is 6.10 Å². The van der Waals surface area contributed by atoms with Crippen LogP contribution >= 0.6 is 7.37 Å². The van der Waals surface area contributed by atoms with Crippen LogP contribution in [0.3, 0.4) is 0 Å². The molecule has 0 heterocycles. The molecule has 3 aromatic rings. The van der Waals surface area contributed by atoms with Crippen molar-refractivity contribution in [3.63, 3.8) is 0 Å². The third kappa shape index (κ3) is 6.90. The summed E-state index contributed by atoms with van der Waals surface area (Å²) in [6.07, 6.45) is 2.94. The van der Waals surface area contributed by atoms with Gasteiger partial charge in [0, 0.05) is 30.8 Å². The third-order valence-electron chi connectivity index (χ3n) is 8.40. The largest absolute Gasteiger partial charge is 0.493 e. The van der Waals surface area contributed by atoms with Gasteiger partial charge in [-0.15, -0.1) is 0 Å². The summed E-state index contributed by atoms with van der Waals surface area (Å²) in [4.78, 5) is 2.03. The number of rotatable bonds is 12. The first-order valence-corrected chi connectivity index (χ1v) is 16.5. The minimum Gasteiger partial charge on any atom is -0.493 e. The Bertz CT molecular complexity index is 1320. The highest BCUT2D eigenvalue weighted by Gasteiger charge is 2.44. The molecule has 0 bridgehead atoms. The number of para-hydroxylation sites is 1. The van der Waals surface area contributed by atoms with E-state index in [1.165, 1.54) is 0 Å². The lowest BCUT2D eigenvalue weighted by molar-refractivity contribution is 0.0488. The van der Waals surface area contributed by atoms with Gasteiger partial charge in [-0.3, -0.25) is 4.57 Å². The molecule has 5 atom stereocenters. The van der Waals surface area contributed by atoms with Gasteiger partial charge in [0.2, 0.25) is 5.75 Å². The predicted molar refractivity (Wildman–Crippen MR) is 173 cm³/mol. The molecule has 1 saturated carbocycles. The highest BCUT2D eigenvalue weighted by atomic mass is 31.2. The number of nitrogens with one attached hydrogen (secondary N) is 1. The lowest BCUT2D eigenvalue weighted by Gasteiger charge is -2.41. The lowest BCUT2D eigenvalue weighted by Crippen LogP contribution is -2.35. The Kier molecular flexibility index (Phi) is 10.5. The van der Waals surface area contributed by atoms with E-state index in [9.17, 15) is 0 Å². The molecule has 1 N–H and O–H groups in total. The molecule has 8 heteroatoms. The standard InChI is InChI=1S/C34H47N2O5P/c1-23(2)29-19-14-24(3)20-30(29)41-42(37,28-17-15-27(16-18-28)36(4)5)34(35-26-12-10-9-11-13-26)25-21-31(38-6)33(40-8)32(22-25)39-7/h9-13,15-18,21-24,29-30,34-35H,14,19-20H2,1-8H3/t24-,29-,30+,34-,42-/m0/s1. The molecule has 0 aromatic heterocycles. The maximum atomic E-state index is 15.9. The van der Waals surface area contributed by atoms with Crippen molar-refractivity contribution in [2.75, 3.05) is 45.6 Å². The SMILES string of the molecule is COc1cc([C@@H](Nc2ccccc2)[P@@](=O)(O[C@@H]2C[C@@H](C)CC[C@H]2C(C)C)c2ccc(N(C)C)cc2)cc(OC)c1OC. The van der Waals surface area contributed by atoms with E-state index in [1.807, 2.05) is 85.7 Å². The van der Waals surface area contributed by atoms with Crippen LogP contribution in [-0.4, -0.2) is 41.5 Å². The van der Waals surface area contributed by atoms with Gasteiger partial charge in [-0.05, 0) is 84.7 Å². The smallest absolute Gasteiger partial charge is 0.258 e. The number of hydrogen-bond donors (Lipinski definition) is 1. The molecule has 4 rings (SSSR count). The fourth-order valence-corrected chi connectivity index (χ4v) is 8.59. The van der Waals surface area contributed by atoms with Crippen molar-refractivity contribution in [1.29, 1.82) is 0 Å². The lowest BCUT2D eigenvalue weighted by atomic mass is 9.75. The first-order chi connectivity index (χ1) is 20.1. The highest BCUT2D eigenvalue weighted by Crippen LogP contribution is 2.62. The Morgan fingerprint density at radius 2 is 1.50 bits per heavy atom. The maximum Gasteiger partial charge on any atom is 0.258 e. The van der Waals surface area contributed by atoms with Crippen LogP contribution in [0.1, 0.15) is 51.4 Å². The molecule has 1 aliphatic rings. The summed E-state index contributed by atoms with van der Waals surface area (Å²) in [5.74, 6) is 1.95. The van der Waals surface area contributed by atoms with Crippen LogP contribution in [0, 0.1) is 17.8 Å². The number of methoxy groups -OCH3 is 3. The fourth-order valence-electron chi connectivity index (χ4n) is 5.98. The quantitative estimate of drug-likeness (QED) is 0.213. The van der Waals surface area contributed by atoms with Crippen LogP contribution in [0.25, 0.3) is 0 Å². The zero-order valence-electron chi connectivity index (χ0n) is 26.3. The van der Waals surface area contributed by atoms with Crippen molar-refractivity contribution in [1.82, 2.24) is 0 Å². The van der Waals surface area contributed by atoms with Crippen molar-refractivity contribution in [3.8, 4) is 17.2 Å². The van der Waals surface area contributed by atoms with Gasteiger partial charge in [-0.25, -0.2) is 0 Å². The van der Waals surface area contributed by atoms with Crippen molar-refractivity contribution < 1.29 is 23.3 Å². The molecule has 0 spiro atoms. The first-order valence-electron chi connectivity index (χ1n) is 14.8. The van der Waals surface area contributed by atoms with Crippen LogP contribution in [-0.2, 0) is 9.09 Å². The molecule has 0 aliphatic heterocycles. The predicted octanol–water partition coefficient (Wildman–Crippen LogP) is 7.97. The molecule has 42 heavy (non-hydrogen) atoms. The molecule has 0 amide bonds.